The summed E-state index contributed by atoms with van der Waals surface area (Å²) in [6.07, 6.45) is 34.1. The number of carbonyl (C=O) groups excluding carboxylic acids is 1. The highest BCUT2D eigenvalue weighted by Gasteiger charge is 2.47. The summed E-state index contributed by atoms with van der Waals surface area (Å²) in [5, 5.41) is 72.1. The monoisotopic (exact) mass is 965 g/mol. The molecule has 2 fully saturated rings. The Morgan fingerprint density at radius 3 is 1.50 bits per heavy atom. The largest absolute Gasteiger partial charge is 0.457 e. The van der Waals surface area contributed by atoms with Gasteiger partial charge in [-0.25, -0.2) is 0 Å². The molecular formula is C54H92O14. The highest BCUT2D eigenvalue weighted by molar-refractivity contribution is 5.69. The van der Waals surface area contributed by atoms with Gasteiger partial charge in [-0.05, 0) is 70.6 Å². The zero-order chi connectivity index (χ0) is 49.5. The molecule has 2 aliphatic rings. The molecular weight excluding hydrogens is 873 g/mol. The summed E-state index contributed by atoms with van der Waals surface area (Å²) in [7, 11) is 0. The van der Waals surface area contributed by atoms with Crippen molar-refractivity contribution in [2.45, 2.75) is 229 Å². The number of allylic oxidation sites excluding steroid dienone is 11. The average Bonchev–Trinajstić information content (AvgIpc) is 3.33. The standard InChI is InChI=1S/C54H92O14/c1-3-5-7-9-11-13-15-17-19-21-22-23-25-27-29-31-33-35-37-46(56)66-43(40-63-38-36-34-32-30-28-26-24-20-18-16-14-12-10-8-6-4-2)41-64-53-52(62)50(60)48(58)45(68-53)42-65-54-51(61)49(59)47(57)44(39-55)67-54/h6,8,12,14,18-21,26,28,32,34,43-45,47-55,57-62H,3-5,7,9-11,13,15-17,22-25,27,29-31,33,35-42H2,1-2H3/b8-6-,14-12-,20-18-,21-19-,28-26-,34-32-. The number of aliphatic hydroxyl groups is 7. The molecule has 0 aliphatic carbocycles. The van der Waals surface area contributed by atoms with Gasteiger partial charge in [-0.2, -0.15) is 0 Å². The van der Waals surface area contributed by atoms with Crippen LogP contribution >= 0.6 is 0 Å². The normalized spacial score (nSPS) is 26.5. The van der Waals surface area contributed by atoms with Crippen molar-refractivity contribution < 1.29 is 69.0 Å². The summed E-state index contributed by atoms with van der Waals surface area (Å²) in [6, 6.07) is 0. The van der Waals surface area contributed by atoms with E-state index in [4.69, 9.17) is 28.4 Å². The van der Waals surface area contributed by atoms with Crippen molar-refractivity contribution in [1.82, 2.24) is 0 Å². The molecule has 0 spiro atoms. The van der Waals surface area contributed by atoms with E-state index in [-0.39, 0.29) is 19.6 Å². The number of hydrogen-bond donors (Lipinski definition) is 7. The molecule has 7 N–H and O–H groups in total. The Morgan fingerprint density at radius 2 is 0.956 bits per heavy atom. The van der Waals surface area contributed by atoms with Gasteiger partial charge < -0.3 is 64.2 Å². The van der Waals surface area contributed by atoms with Gasteiger partial charge >= 0.3 is 5.97 Å². The quantitative estimate of drug-likeness (QED) is 0.0177. The van der Waals surface area contributed by atoms with E-state index in [2.05, 4.69) is 80.7 Å². The van der Waals surface area contributed by atoms with Crippen LogP contribution in [0.15, 0.2) is 72.9 Å². The van der Waals surface area contributed by atoms with Crippen LogP contribution in [-0.2, 0) is 33.2 Å². The summed E-state index contributed by atoms with van der Waals surface area (Å²) in [5.41, 5.74) is 0. The number of unbranched alkanes of at least 4 members (excludes halogenated alkanes) is 14. The van der Waals surface area contributed by atoms with Gasteiger partial charge in [0.2, 0.25) is 0 Å². The molecule has 0 radical (unpaired) electrons. The summed E-state index contributed by atoms with van der Waals surface area (Å²) in [5.74, 6) is -0.408. The molecule has 2 aliphatic heterocycles. The Hall–Kier alpha value is -2.57. The van der Waals surface area contributed by atoms with Crippen LogP contribution in [0.5, 0.6) is 0 Å². The number of hydrogen-bond acceptors (Lipinski definition) is 14. The van der Waals surface area contributed by atoms with E-state index < -0.39 is 86.7 Å². The second kappa shape index (κ2) is 41.1. The summed E-state index contributed by atoms with van der Waals surface area (Å²) >= 11 is 0. The Labute approximate surface area is 408 Å². The van der Waals surface area contributed by atoms with Crippen molar-refractivity contribution in [3.8, 4) is 0 Å². The first-order valence-electron chi connectivity index (χ1n) is 26.0. The molecule has 2 heterocycles. The van der Waals surface area contributed by atoms with Gasteiger partial charge in [0.05, 0.1) is 33.0 Å². The lowest BCUT2D eigenvalue weighted by molar-refractivity contribution is -0.332. The second-order valence-corrected chi connectivity index (χ2v) is 18.0. The first-order chi connectivity index (χ1) is 33.1. The minimum atomic E-state index is -1.72. The van der Waals surface area contributed by atoms with Gasteiger partial charge in [0, 0.05) is 6.42 Å². The van der Waals surface area contributed by atoms with Gasteiger partial charge in [-0.1, -0.05) is 157 Å². The van der Waals surface area contributed by atoms with Crippen LogP contribution in [0, 0.1) is 0 Å². The van der Waals surface area contributed by atoms with Crippen molar-refractivity contribution in [3.63, 3.8) is 0 Å². The van der Waals surface area contributed by atoms with E-state index >= 15 is 0 Å². The van der Waals surface area contributed by atoms with E-state index in [9.17, 15) is 40.5 Å². The van der Waals surface area contributed by atoms with Crippen molar-refractivity contribution >= 4 is 5.97 Å². The van der Waals surface area contributed by atoms with Crippen LogP contribution in [0.1, 0.15) is 162 Å². The molecule has 0 bridgehead atoms. The van der Waals surface area contributed by atoms with Crippen LogP contribution in [0.25, 0.3) is 0 Å². The molecule has 0 aromatic rings. The Bertz CT molecular complexity index is 1400. The molecule has 0 aromatic carbocycles. The van der Waals surface area contributed by atoms with Gasteiger partial charge in [0.15, 0.2) is 12.6 Å². The maximum atomic E-state index is 13.0. The highest BCUT2D eigenvalue weighted by atomic mass is 16.7. The lowest BCUT2D eigenvalue weighted by atomic mass is 9.98. The summed E-state index contributed by atoms with van der Waals surface area (Å²) in [6.45, 7) is 3.33. The van der Waals surface area contributed by atoms with Gasteiger partial charge in [0.25, 0.3) is 0 Å². The maximum Gasteiger partial charge on any atom is 0.306 e. The first-order valence-corrected chi connectivity index (χ1v) is 26.0. The van der Waals surface area contributed by atoms with E-state index in [1.165, 1.54) is 70.6 Å². The Morgan fingerprint density at radius 1 is 0.500 bits per heavy atom. The number of aliphatic hydroxyl groups excluding tert-OH is 7. The van der Waals surface area contributed by atoms with Crippen LogP contribution in [-0.4, -0.2) is 142 Å². The van der Waals surface area contributed by atoms with Gasteiger partial charge in [0.1, 0.15) is 54.9 Å². The van der Waals surface area contributed by atoms with Crippen molar-refractivity contribution in [2.24, 2.45) is 0 Å². The van der Waals surface area contributed by atoms with Crippen LogP contribution in [0.2, 0.25) is 0 Å². The highest BCUT2D eigenvalue weighted by Crippen LogP contribution is 2.26. The van der Waals surface area contributed by atoms with Crippen LogP contribution in [0.4, 0.5) is 0 Å². The maximum absolute atomic E-state index is 13.0. The number of esters is 1. The third-order valence-corrected chi connectivity index (χ3v) is 12.0. The fourth-order valence-corrected chi connectivity index (χ4v) is 7.76. The number of rotatable bonds is 40. The lowest BCUT2D eigenvalue weighted by Gasteiger charge is -2.42. The zero-order valence-corrected chi connectivity index (χ0v) is 41.6. The van der Waals surface area contributed by atoms with Crippen molar-refractivity contribution in [3.05, 3.63) is 72.9 Å². The molecule has 2 saturated heterocycles. The molecule has 11 unspecified atom stereocenters. The Kier molecular flexibility index (Phi) is 37.2. The fraction of sp³-hybridized carbons (Fsp3) is 0.759. The first kappa shape index (κ1) is 61.5. The summed E-state index contributed by atoms with van der Waals surface area (Å²) in [4.78, 5) is 13.0. The van der Waals surface area contributed by atoms with Crippen molar-refractivity contribution in [1.29, 1.82) is 0 Å². The third-order valence-electron chi connectivity index (χ3n) is 12.0. The van der Waals surface area contributed by atoms with E-state index in [0.717, 1.165) is 57.8 Å². The molecule has 0 saturated carbocycles. The second-order valence-electron chi connectivity index (χ2n) is 18.0. The zero-order valence-electron chi connectivity index (χ0n) is 41.6. The Balaban J connectivity index is 1.80. The van der Waals surface area contributed by atoms with E-state index in [1.807, 2.05) is 6.08 Å². The minimum absolute atomic E-state index is 0.00238. The fourth-order valence-electron chi connectivity index (χ4n) is 7.76. The number of ether oxygens (including phenoxy) is 6. The SMILES string of the molecule is CC/C=C\C/C=C\C/C=C\C/C=C\C/C=C\CCOCC(COC1OC(COC2OC(CO)C(O)C(O)C2O)C(O)C(O)C1O)OC(=O)CCCCCCCCC/C=C\CCCCCCCCC. The molecule has 14 nitrogen and oxygen atoms in total. The molecule has 0 amide bonds. The molecule has 392 valence electrons. The predicted molar refractivity (Wildman–Crippen MR) is 265 cm³/mol. The summed E-state index contributed by atoms with van der Waals surface area (Å²) < 4.78 is 34.1. The molecule has 2 rings (SSSR count). The average molecular weight is 965 g/mol. The lowest BCUT2D eigenvalue weighted by Crippen LogP contribution is -2.61. The molecule has 14 heteroatoms. The number of carbonyl (C=O) groups is 1. The molecule has 11 atom stereocenters. The van der Waals surface area contributed by atoms with Gasteiger partial charge in [-0.15, -0.1) is 0 Å². The van der Waals surface area contributed by atoms with Crippen molar-refractivity contribution in [2.75, 3.05) is 33.0 Å². The van der Waals surface area contributed by atoms with E-state index in [0.29, 0.717) is 19.4 Å². The molecule has 68 heavy (non-hydrogen) atoms. The predicted octanol–water partition coefficient (Wildman–Crippen LogP) is 7.90. The van der Waals surface area contributed by atoms with Gasteiger partial charge in [-0.3, -0.25) is 4.79 Å². The van der Waals surface area contributed by atoms with Crippen LogP contribution in [0.3, 0.4) is 0 Å². The topological polar surface area (TPSA) is 214 Å². The smallest absolute Gasteiger partial charge is 0.306 e. The molecule has 0 aromatic heterocycles. The minimum Gasteiger partial charge on any atom is -0.457 e. The third kappa shape index (κ3) is 28.3. The van der Waals surface area contributed by atoms with E-state index in [1.54, 1.807) is 0 Å². The van der Waals surface area contributed by atoms with Crippen LogP contribution < -0.4 is 0 Å².